The fourth-order valence-electron chi connectivity index (χ4n) is 1.56. The summed E-state index contributed by atoms with van der Waals surface area (Å²) in [5.74, 6) is 0. The number of fused-ring (bicyclic) bond motifs is 1. The molecule has 0 amide bonds. The largest absolute Gasteiger partial charge is 0.166 e. The Bertz CT molecular complexity index is 328. The van der Waals surface area contributed by atoms with Gasteiger partial charge in [0.05, 0.1) is 0 Å². The average molecular weight is 195 g/mol. The molecule has 2 rings (SSSR count). The van der Waals surface area contributed by atoms with Gasteiger partial charge in [-0.3, -0.25) is 0 Å². The number of hydrogen-bond acceptors (Lipinski definition) is 0. The van der Waals surface area contributed by atoms with Gasteiger partial charge in [-0.25, -0.2) is 0 Å². The van der Waals surface area contributed by atoms with Gasteiger partial charge in [0.2, 0.25) is 0 Å². The third-order valence-corrected chi connectivity index (χ3v) is 4.54. The van der Waals surface area contributed by atoms with Crippen LogP contribution >= 0.6 is 11.1 Å². The first-order valence-electron chi connectivity index (χ1n) is 4.20. The Kier molecular flexibility index (Phi) is 2.07. The van der Waals surface area contributed by atoms with Crippen LogP contribution in [0.15, 0.2) is 29.5 Å². The second-order valence-corrected chi connectivity index (χ2v) is 7.15. The molecule has 12 heavy (non-hydrogen) atoms. The Morgan fingerprint density at radius 1 is 1.33 bits per heavy atom. The molecular formula is C10H11ClSi. The zero-order valence-electron chi connectivity index (χ0n) is 7.05. The maximum absolute atomic E-state index is 6.14. The lowest BCUT2D eigenvalue weighted by atomic mass is 10.1. The number of halogens is 1. The Hall–Kier alpha value is -0.533. The highest BCUT2D eigenvalue weighted by Crippen LogP contribution is 2.26. The molecule has 0 saturated heterocycles. The molecule has 1 aromatic rings. The number of hydrogen-bond donors (Lipinski definition) is 0. The quantitative estimate of drug-likeness (QED) is 0.477. The van der Waals surface area contributed by atoms with Crippen LogP contribution in [0, 0.1) is 0 Å². The van der Waals surface area contributed by atoms with E-state index in [0.717, 1.165) is 6.42 Å². The van der Waals surface area contributed by atoms with E-state index in [-0.39, 0.29) is 0 Å². The molecule has 0 radical (unpaired) electrons. The van der Waals surface area contributed by atoms with Crippen molar-refractivity contribution in [3.05, 3.63) is 40.6 Å². The van der Waals surface area contributed by atoms with Gasteiger partial charge in [-0.05, 0) is 17.5 Å². The Balaban J connectivity index is 2.35. The average Bonchev–Trinajstić information content (AvgIpc) is 2.46. The van der Waals surface area contributed by atoms with E-state index in [1.165, 1.54) is 16.3 Å². The Morgan fingerprint density at radius 3 is 2.75 bits per heavy atom. The van der Waals surface area contributed by atoms with Gasteiger partial charge in [0.25, 0.3) is 0 Å². The van der Waals surface area contributed by atoms with E-state index in [1.807, 2.05) is 0 Å². The van der Waals surface area contributed by atoms with Crippen LogP contribution in [0.2, 0.25) is 6.55 Å². The van der Waals surface area contributed by atoms with Crippen molar-refractivity contribution in [3.8, 4) is 0 Å². The highest BCUT2D eigenvalue weighted by atomic mass is 35.6. The van der Waals surface area contributed by atoms with Crippen LogP contribution in [-0.2, 0) is 6.42 Å². The second-order valence-electron chi connectivity index (χ2n) is 3.21. The van der Waals surface area contributed by atoms with Gasteiger partial charge in [-0.1, -0.05) is 42.1 Å². The second kappa shape index (κ2) is 3.07. The van der Waals surface area contributed by atoms with Crippen LogP contribution in [0.4, 0.5) is 0 Å². The van der Waals surface area contributed by atoms with Gasteiger partial charge in [0.15, 0.2) is 8.11 Å². The monoisotopic (exact) mass is 194 g/mol. The number of benzene rings is 1. The summed E-state index contributed by atoms with van der Waals surface area (Å²) in [6.45, 7) is 2.17. The first kappa shape index (κ1) is 8.08. The lowest BCUT2D eigenvalue weighted by Gasteiger charge is -2.00. The third kappa shape index (κ3) is 1.34. The van der Waals surface area contributed by atoms with Crippen molar-refractivity contribution in [2.24, 2.45) is 0 Å². The smallest absolute Gasteiger partial charge is 0.164 e. The molecule has 0 spiro atoms. The van der Waals surface area contributed by atoms with Crippen LogP contribution in [-0.4, -0.2) is 8.11 Å². The van der Waals surface area contributed by atoms with Crippen molar-refractivity contribution in [1.82, 2.24) is 0 Å². The normalized spacial score (nSPS) is 17.0. The van der Waals surface area contributed by atoms with Gasteiger partial charge >= 0.3 is 0 Å². The van der Waals surface area contributed by atoms with Gasteiger partial charge in [-0.2, -0.15) is 11.1 Å². The summed E-state index contributed by atoms with van der Waals surface area (Å²) in [5.41, 5.74) is 2.81. The van der Waals surface area contributed by atoms with Crippen molar-refractivity contribution < 1.29 is 0 Å². The SMILES string of the molecule is C[SiH](Cl)C1=Cc2ccccc2C1. The van der Waals surface area contributed by atoms with Crippen LogP contribution < -0.4 is 0 Å². The van der Waals surface area contributed by atoms with Crippen molar-refractivity contribution in [2.75, 3.05) is 0 Å². The Labute approximate surface area is 79.2 Å². The van der Waals surface area contributed by atoms with Crippen LogP contribution in [0.25, 0.3) is 6.08 Å². The van der Waals surface area contributed by atoms with E-state index in [0.29, 0.717) is 0 Å². The van der Waals surface area contributed by atoms with E-state index in [1.54, 1.807) is 0 Å². The molecule has 0 aromatic heterocycles. The van der Waals surface area contributed by atoms with Crippen LogP contribution in [0.1, 0.15) is 11.1 Å². The lowest BCUT2D eigenvalue weighted by Crippen LogP contribution is -2.01. The molecule has 1 atom stereocenters. The summed E-state index contributed by atoms with van der Waals surface area (Å²) >= 11 is 6.14. The predicted octanol–water partition coefficient (Wildman–Crippen LogP) is 2.76. The minimum atomic E-state index is -1.08. The zero-order valence-corrected chi connectivity index (χ0v) is 8.96. The fourth-order valence-corrected chi connectivity index (χ4v) is 2.89. The molecule has 0 N–H and O–H groups in total. The molecule has 1 aliphatic carbocycles. The van der Waals surface area contributed by atoms with Gasteiger partial charge in [0, 0.05) is 0 Å². The molecule has 0 aliphatic heterocycles. The van der Waals surface area contributed by atoms with Gasteiger partial charge < -0.3 is 0 Å². The molecule has 0 fully saturated rings. The summed E-state index contributed by atoms with van der Waals surface area (Å²) in [5, 5.41) is 1.47. The number of rotatable bonds is 1. The van der Waals surface area contributed by atoms with E-state index in [2.05, 4.69) is 36.9 Å². The first-order chi connectivity index (χ1) is 5.77. The number of allylic oxidation sites excluding steroid dienone is 1. The molecule has 62 valence electrons. The predicted molar refractivity (Wildman–Crippen MR) is 57.0 cm³/mol. The fraction of sp³-hybridized carbons (Fsp3) is 0.200. The van der Waals surface area contributed by atoms with Gasteiger partial charge in [-0.15, -0.1) is 0 Å². The minimum absolute atomic E-state index is 1.08. The van der Waals surface area contributed by atoms with E-state index >= 15 is 0 Å². The summed E-state index contributed by atoms with van der Waals surface area (Å²) in [7, 11) is -1.08. The molecule has 1 aliphatic rings. The minimum Gasteiger partial charge on any atom is -0.166 e. The highest BCUT2D eigenvalue weighted by Gasteiger charge is 2.15. The van der Waals surface area contributed by atoms with Crippen molar-refractivity contribution in [1.29, 1.82) is 0 Å². The van der Waals surface area contributed by atoms with Crippen molar-refractivity contribution >= 4 is 25.3 Å². The van der Waals surface area contributed by atoms with Crippen LogP contribution in [0.3, 0.4) is 0 Å². The van der Waals surface area contributed by atoms with E-state index < -0.39 is 8.11 Å². The zero-order chi connectivity index (χ0) is 8.55. The summed E-state index contributed by atoms with van der Waals surface area (Å²) in [6.07, 6.45) is 3.35. The van der Waals surface area contributed by atoms with E-state index in [4.69, 9.17) is 11.1 Å². The molecule has 1 unspecified atom stereocenters. The molecule has 0 saturated carbocycles. The summed E-state index contributed by atoms with van der Waals surface area (Å²) in [4.78, 5) is 0. The molecular weight excluding hydrogens is 184 g/mol. The summed E-state index contributed by atoms with van der Waals surface area (Å²) < 4.78 is 0. The maximum Gasteiger partial charge on any atom is 0.164 e. The molecule has 1 aromatic carbocycles. The van der Waals surface area contributed by atoms with Crippen molar-refractivity contribution in [3.63, 3.8) is 0 Å². The standard InChI is InChI=1S/C10H11ClSi/c1-12(11)10-6-8-4-2-3-5-9(8)7-10/h2-6,12H,7H2,1H3. The molecule has 2 heteroatoms. The first-order valence-corrected chi connectivity index (χ1v) is 7.67. The molecule has 0 bridgehead atoms. The lowest BCUT2D eigenvalue weighted by molar-refractivity contribution is 1.28. The third-order valence-electron chi connectivity index (χ3n) is 2.30. The Morgan fingerprint density at radius 2 is 2.08 bits per heavy atom. The maximum atomic E-state index is 6.14. The topological polar surface area (TPSA) is 0 Å². The van der Waals surface area contributed by atoms with Crippen molar-refractivity contribution in [2.45, 2.75) is 13.0 Å². The highest BCUT2D eigenvalue weighted by molar-refractivity contribution is 7.10. The molecule has 0 nitrogen and oxygen atoms in total. The molecule has 0 heterocycles. The van der Waals surface area contributed by atoms with Crippen LogP contribution in [0.5, 0.6) is 0 Å². The van der Waals surface area contributed by atoms with Gasteiger partial charge in [0.1, 0.15) is 0 Å². The van der Waals surface area contributed by atoms with E-state index in [9.17, 15) is 0 Å². The summed E-state index contributed by atoms with van der Waals surface area (Å²) in [6, 6.07) is 8.53.